The van der Waals surface area contributed by atoms with E-state index in [2.05, 4.69) is 4.85 Å². The van der Waals surface area contributed by atoms with Gasteiger partial charge in [-0.3, -0.25) is 0 Å². The molecule has 0 radical (unpaired) electrons. The highest BCUT2D eigenvalue weighted by atomic mass is 32.2. The molecule has 1 unspecified atom stereocenters. The summed E-state index contributed by atoms with van der Waals surface area (Å²) in [6, 6.07) is 4.73. The number of rotatable bonds is 3. The number of aryl methyl sites for hydroxylation is 1. The molecule has 3 nitrogen and oxygen atoms in total. The van der Waals surface area contributed by atoms with E-state index in [0.29, 0.717) is 10.5 Å². The van der Waals surface area contributed by atoms with Crippen LogP contribution in [0.1, 0.15) is 31.0 Å². The van der Waals surface area contributed by atoms with Crippen molar-refractivity contribution < 1.29 is 8.42 Å². The molecule has 4 heteroatoms. The van der Waals surface area contributed by atoms with Gasteiger partial charge in [0.1, 0.15) is 0 Å². The van der Waals surface area contributed by atoms with Gasteiger partial charge in [0, 0.05) is 6.92 Å². The smallest absolute Gasteiger partial charge is 0.247 e. The number of nitrogens with zero attached hydrogens (tertiary/aromatic N) is 1. The summed E-state index contributed by atoms with van der Waals surface area (Å²) in [4.78, 5) is 3.69. The molecular weight excluding hydrogens is 222 g/mol. The summed E-state index contributed by atoms with van der Waals surface area (Å²) in [6.45, 7) is 12.2. The second-order valence-electron chi connectivity index (χ2n) is 3.75. The Morgan fingerprint density at radius 2 is 2.06 bits per heavy atom. The third kappa shape index (κ3) is 2.42. The number of benzene rings is 1. The molecular formula is C12H15NO2S. The molecule has 16 heavy (non-hydrogen) atoms. The monoisotopic (exact) mass is 237 g/mol. The van der Waals surface area contributed by atoms with E-state index in [1.54, 1.807) is 32.0 Å². The third-order valence-corrected chi connectivity index (χ3v) is 4.33. The zero-order chi connectivity index (χ0) is 12.3. The van der Waals surface area contributed by atoms with Crippen LogP contribution in [0.25, 0.3) is 4.85 Å². The summed E-state index contributed by atoms with van der Waals surface area (Å²) in [5, 5.41) is 0. The molecule has 1 rings (SSSR count). The maximum absolute atomic E-state index is 11.9. The van der Waals surface area contributed by atoms with Gasteiger partial charge in [-0.15, -0.1) is 0 Å². The molecule has 0 aliphatic heterocycles. The molecule has 0 saturated heterocycles. The highest BCUT2D eigenvalue weighted by Crippen LogP contribution is 2.26. The van der Waals surface area contributed by atoms with E-state index in [-0.39, 0.29) is 5.75 Å². The van der Waals surface area contributed by atoms with Gasteiger partial charge in [0.25, 0.3) is 0 Å². The molecule has 0 fully saturated rings. The number of sulfone groups is 1. The third-order valence-electron chi connectivity index (χ3n) is 2.52. The zero-order valence-electron chi connectivity index (χ0n) is 9.69. The average molecular weight is 237 g/mol. The Labute approximate surface area is 96.8 Å². The molecule has 1 atom stereocenters. The first-order valence-corrected chi connectivity index (χ1v) is 6.77. The molecule has 0 aromatic heterocycles. The number of hydrogen-bond donors (Lipinski definition) is 0. The fraction of sp³-hybridized carbons (Fsp3) is 0.417. The van der Waals surface area contributed by atoms with Gasteiger partial charge in [-0.25, -0.2) is 15.0 Å². The van der Waals surface area contributed by atoms with Crippen LogP contribution in [0.2, 0.25) is 0 Å². The minimum atomic E-state index is -3.24. The molecule has 0 N–H and O–H groups in total. The predicted molar refractivity (Wildman–Crippen MR) is 63.9 cm³/mol. The minimum Gasteiger partial charge on any atom is -0.309 e. The van der Waals surface area contributed by atoms with Crippen LogP contribution < -0.4 is 0 Å². The minimum absolute atomic E-state index is 0.0633. The van der Waals surface area contributed by atoms with E-state index in [0.717, 1.165) is 5.56 Å². The van der Waals surface area contributed by atoms with E-state index in [9.17, 15) is 8.42 Å². The molecule has 0 bridgehead atoms. The van der Waals surface area contributed by atoms with Crippen molar-refractivity contribution in [1.82, 2.24) is 0 Å². The summed E-state index contributed by atoms with van der Waals surface area (Å²) in [7, 11) is -3.24. The van der Waals surface area contributed by atoms with Gasteiger partial charge in [-0.1, -0.05) is 18.6 Å². The number of hydrogen-bond acceptors (Lipinski definition) is 2. The lowest BCUT2D eigenvalue weighted by molar-refractivity contribution is 0.595. The Morgan fingerprint density at radius 1 is 1.44 bits per heavy atom. The summed E-state index contributed by atoms with van der Waals surface area (Å²) in [5.41, 5.74) is 1.58. The van der Waals surface area contributed by atoms with Gasteiger partial charge in [0.15, 0.2) is 9.84 Å². The van der Waals surface area contributed by atoms with Crippen molar-refractivity contribution in [2.75, 3.05) is 5.75 Å². The first kappa shape index (κ1) is 12.7. The van der Waals surface area contributed by atoms with Crippen molar-refractivity contribution in [2.24, 2.45) is 0 Å². The Morgan fingerprint density at radius 3 is 2.56 bits per heavy atom. The lowest BCUT2D eigenvalue weighted by Crippen LogP contribution is -2.08. The Balaban J connectivity index is 3.47. The van der Waals surface area contributed by atoms with Crippen molar-refractivity contribution in [1.29, 1.82) is 0 Å². The fourth-order valence-electron chi connectivity index (χ4n) is 1.50. The highest BCUT2D eigenvalue weighted by molar-refractivity contribution is 7.91. The highest BCUT2D eigenvalue weighted by Gasteiger charge is 2.22. The van der Waals surface area contributed by atoms with Gasteiger partial charge in [-0.05, 0) is 19.1 Å². The maximum atomic E-state index is 11.9. The zero-order valence-corrected chi connectivity index (χ0v) is 10.5. The SMILES string of the molecule is [C-]#[N+]C(C)c1cc(C)ccc1S(=O)(=O)CC. The van der Waals surface area contributed by atoms with Crippen LogP contribution in [-0.4, -0.2) is 14.2 Å². The lowest BCUT2D eigenvalue weighted by Gasteiger charge is -2.09. The van der Waals surface area contributed by atoms with E-state index in [1.165, 1.54) is 0 Å². The topological polar surface area (TPSA) is 38.5 Å². The Hall–Kier alpha value is -1.34. The second-order valence-corrected chi connectivity index (χ2v) is 6.00. The quantitative estimate of drug-likeness (QED) is 0.758. The molecule has 0 amide bonds. The Bertz CT molecular complexity index is 526. The van der Waals surface area contributed by atoms with Crippen molar-refractivity contribution in [3.8, 4) is 0 Å². The van der Waals surface area contributed by atoms with E-state index in [4.69, 9.17) is 6.57 Å². The molecule has 0 saturated carbocycles. The van der Waals surface area contributed by atoms with Crippen molar-refractivity contribution in [3.05, 3.63) is 40.7 Å². The van der Waals surface area contributed by atoms with E-state index >= 15 is 0 Å². The van der Waals surface area contributed by atoms with Crippen molar-refractivity contribution in [2.45, 2.75) is 31.7 Å². The summed E-state index contributed by atoms with van der Waals surface area (Å²) in [5.74, 6) is 0.0633. The summed E-state index contributed by atoms with van der Waals surface area (Å²) >= 11 is 0. The Kier molecular flexibility index (Phi) is 3.71. The maximum Gasteiger partial charge on any atom is 0.247 e. The first-order valence-electron chi connectivity index (χ1n) is 5.12. The average Bonchev–Trinajstić information content (AvgIpc) is 2.27. The van der Waals surface area contributed by atoms with Crippen LogP contribution in [0.4, 0.5) is 0 Å². The first-order chi connectivity index (χ1) is 7.42. The second kappa shape index (κ2) is 4.67. The summed E-state index contributed by atoms with van der Waals surface area (Å²) in [6.07, 6.45) is 0. The van der Waals surface area contributed by atoms with Gasteiger partial charge >= 0.3 is 0 Å². The molecule has 0 aliphatic rings. The van der Waals surface area contributed by atoms with Crippen LogP contribution in [0, 0.1) is 13.5 Å². The van der Waals surface area contributed by atoms with Crippen LogP contribution >= 0.6 is 0 Å². The van der Waals surface area contributed by atoms with E-state index < -0.39 is 15.9 Å². The lowest BCUT2D eigenvalue weighted by atomic mass is 10.1. The normalized spacial score (nSPS) is 13.1. The summed E-state index contributed by atoms with van der Waals surface area (Å²) < 4.78 is 23.7. The van der Waals surface area contributed by atoms with E-state index in [1.807, 2.05) is 6.92 Å². The van der Waals surface area contributed by atoms with Gasteiger partial charge in [0.2, 0.25) is 6.04 Å². The predicted octanol–water partition coefficient (Wildman–Crippen LogP) is 2.77. The molecule has 1 aromatic rings. The van der Waals surface area contributed by atoms with Crippen LogP contribution in [0.3, 0.4) is 0 Å². The molecule has 0 aliphatic carbocycles. The standard InChI is InChI=1S/C12H15NO2S/c1-5-16(14,15)12-7-6-9(2)8-11(12)10(3)13-4/h6-8,10H,5H2,1-3H3. The molecule has 0 spiro atoms. The molecule has 1 aromatic carbocycles. The largest absolute Gasteiger partial charge is 0.309 e. The van der Waals surface area contributed by atoms with Crippen LogP contribution in [-0.2, 0) is 9.84 Å². The van der Waals surface area contributed by atoms with Gasteiger partial charge < -0.3 is 4.85 Å². The van der Waals surface area contributed by atoms with Crippen LogP contribution in [0.5, 0.6) is 0 Å². The van der Waals surface area contributed by atoms with Crippen molar-refractivity contribution >= 4 is 9.84 Å². The van der Waals surface area contributed by atoms with Gasteiger partial charge in [-0.2, -0.15) is 0 Å². The van der Waals surface area contributed by atoms with Crippen molar-refractivity contribution in [3.63, 3.8) is 0 Å². The van der Waals surface area contributed by atoms with Gasteiger partial charge in [0.05, 0.1) is 16.2 Å². The van der Waals surface area contributed by atoms with Crippen LogP contribution in [0.15, 0.2) is 23.1 Å². The molecule has 86 valence electrons. The molecule has 0 heterocycles. The fourth-order valence-corrected chi connectivity index (χ4v) is 2.68.